The van der Waals surface area contributed by atoms with Gasteiger partial charge in [-0.05, 0) is 60.5 Å². The predicted molar refractivity (Wildman–Crippen MR) is 190 cm³/mol. The number of halogens is 1. The Balaban J connectivity index is 1.54. The van der Waals surface area contributed by atoms with Crippen molar-refractivity contribution >= 4 is 45.8 Å². The molecule has 6 rings (SSSR count). The molecule has 1 aliphatic rings. The predicted octanol–water partition coefficient (Wildman–Crippen LogP) is 6.22. The number of esters is 1. The van der Waals surface area contributed by atoms with E-state index in [1.807, 2.05) is 79.7 Å². The fourth-order valence-corrected chi connectivity index (χ4v) is 6.96. The second-order valence-corrected chi connectivity index (χ2v) is 12.6. The van der Waals surface area contributed by atoms with Crippen LogP contribution < -0.4 is 29.1 Å². The SMILES string of the molecule is CCOc1c(OC)cccc1[C@@H]1C(C(=O)OCCOC)=C(C)N=c2s/c(=C/c3c(OCc4ccc(Cl)cc4)ccc4ccccc34)c(=O)n21. The van der Waals surface area contributed by atoms with Crippen LogP contribution in [0.3, 0.4) is 0 Å². The van der Waals surface area contributed by atoms with Gasteiger partial charge in [0.15, 0.2) is 16.3 Å². The Bertz CT molecular complexity index is 2220. The third kappa shape index (κ3) is 6.98. The summed E-state index contributed by atoms with van der Waals surface area (Å²) >= 11 is 7.33. The molecular weight excluding hydrogens is 664 g/mol. The van der Waals surface area contributed by atoms with E-state index in [4.69, 9.17) is 40.3 Å². The van der Waals surface area contributed by atoms with Crippen molar-refractivity contribution in [2.45, 2.75) is 26.5 Å². The van der Waals surface area contributed by atoms with Crippen LogP contribution in [0.25, 0.3) is 16.8 Å². The summed E-state index contributed by atoms with van der Waals surface area (Å²) in [6.07, 6.45) is 1.84. The van der Waals surface area contributed by atoms with Gasteiger partial charge in [0.05, 0.1) is 36.1 Å². The van der Waals surface area contributed by atoms with E-state index in [1.165, 1.54) is 23.0 Å². The summed E-state index contributed by atoms with van der Waals surface area (Å²) in [4.78, 5) is 33.5. The van der Waals surface area contributed by atoms with Gasteiger partial charge in [-0.15, -0.1) is 0 Å². The van der Waals surface area contributed by atoms with Crippen molar-refractivity contribution < 1.29 is 28.5 Å². The number of thiazole rings is 1. The van der Waals surface area contributed by atoms with Crippen LogP contribution in [0.5, 0.6) is 17.2 Å². The molecule has 0 unspecified atom stereocenters. The summed E-state index contributed by atoms with van der Waals surface area (Å²) in [6.45, 7) is 4.51. The molecule has 0 spiro atoms. The summed E-state index contributed by atoms with van der Waals surface area (Å²) in [7, 11) is 3.08. The average molecular weight is 699 g/mol. The lowest BCUT2D eigenvalue weighted by atomic mass is 9.94. The van der Waals surface area contributed by atoms with E-state index < -0.39 is 12.0 Å². The van der Waals surface area contributed by atoms with Crippen LogP contribution >= 0.6 is 22.9 Å². The molecule has 4 aromatic carbocycles. The quantitative estimate of drug-likeness (QED) is 0.113. The third-order valence-corrected chi connectivity index (χ3v) is 9.32. The van der Waals surface area contributed by atoms with E-state index in [2.05, 4.69) is 0 Å². The molecule has 252 valence electrons. The zero-order valence-electron chi connectivity index (χ0n) is 27.5. The summed E-state index contributed by atoms with van der Waals surface area (Å²) in [5.74, 6) is 0.910. The van der Waals surface area contributed by atoms with Gasteiger partial charge in [-0.25, -0.2) is 9.79 Å². The molecule has 0 saturated heterocycles. The molecule has 0 amide bonds. The van der Waals surface area contributed by atoms with Crippen molar-refractivity contribution in [3.63, 3.8) is 0 Å². The number of rotatable bonds is 12. The maximum Gasteiger partial charge on any atom is 0.338 e. The molecule has 0 aliphatic carbocycles. The van der Waals surface area contributed by atoms with Crippen LogP contribution in [0.2, 0.25) is 5.02 Å². The van der Waals surface area contributed by atoms with Gasteiger partial charge in [0.25, 0.3) is 5.56 Å². The first-order chi connectivity index (χ1) is 23.8. The molecule has 1 aromatic heterocycles. The van der Waals surface area contributed by atoms with Crippen molar-refractivity contribution in [2.24, 2.45) is 4.99 Å². The minimum atomic E-state index is -0.904. The molecule has 0 N–H and O–H groups in total. The highest BCUT2D eigenvalue weighted by molar-refractivity contribution is 7.07. The highest BCUT2D eigenvalue weighted by Gasteiger charge is 2.36. The molecule has 0 radical (unpaired) electrons. The number of methoxy groups -OCH3 is 2. The lowest BCUT2D eigenvalue weighted by Crippen LogP contribution is -2.40. The van der Waals surface area contributed by atoms with Gasteiger partial charge in [0.1, 0.15) is 25.0 Å². The van der Waals surface area contributed by atoms with E-state index in [1.54, 1.807) is 26.2 Å². The fourth-order valence-electron chi connectivity index (χ4n) is 5.80. The minimum absolute atomic E-state index is 0.0412. The molecular formula is C38H35ClN2O7S. The molecule has 9 nitrogen and oxygen atoms in total. The molecule has 0 bridgehead atoms. The van der Waals surface area contributed by atoms with E-state index >= 15 is 0 Å². The number of hydrogen-bond acceptors (Lipinski definition) is 9. The number of hydrogen-bond donors (Lipinski definition) is 0. The summed E-state index contributed by atoms with van der Waals surface area (Å²) in [5, 5.41) is 2.56. The molecule has 2 heterocycles. The van der Waals surface area contributed by atoms with Crippen molar-refractivity contribution in [1.82, 2.24) is 4.57 Å². The van der Waals surface area contributed by atoms with Gasteiger partial charge in [0.2, 0.25) is 0 Å². The summed E-state index contributed by atoms with van der Waals surface area (Å²) in [5.41, 5.74) is 2.60. The van der Waals surface area contributed by atoms with Gasteiger partial charge in [-0.1, -0.05) is 77.5 Å². The Kier molecular flexibility index (Phi) is 10.5. The van der Waals surface area contributed by atoms with Crippen LogP contribution in [0.4, 0.5) is 0 Å². The largest absolute Gasteiger partial charge is 0.493 e. The number of fused-ring (bicyclic) bond motifs is 2. The van der Waals surface area contributed by atoms with Gasteiger partial charge in [-0.3, -0.25) is 9.36 Å². The van der Waals surface area contributed by atoms with E-state index in [-0.39, 0.29) is 24.3 Å². The van der Waals surface area contributed by atoms with Crippen molar-refractivity contribution in [1.29, 1.82) is 0 Å². The molecule has 0 saturated carbocycles. The average Bonchev–Trinajstić information content (AvgIpc) is 3.41. The van der Waals surface area contributed by atoms with Crippen LogP contribution in [-0.4, -0.2) is 44.6 Å². The number of carbonyl (C=O) groups is 1. The van der Waals surface area contributed by atoms with Crippen molar-refractivity contribution in [2.75, 3.05) is 34.0 Å². The number of ether oxygens (including phenoxy) is 5. The summed E-state index contributed by atoms with van der Waals surface area (Å²) in [6, 6.07) is 23.8. The number of allylic oxidation sites excluding steroid dienone is 1. The van der Waals surface area contributed by atoms with Crippen molar-refractivity contribution in [3.8, 4) is 17.2 Å². The number of aromatic nitrogens is 1. The first kappa shape index (κ1) is 34.0. The number of nitrogens with zero attached hydrogens (tertiary/aromatic N) is 2. The number of carbonyl (C=O) groups excluding carboxylic acids is 1. The monoisotopic (exact) mass is 698 g/mol. The first-order valence-corrected chi connectivity index (χ1v) is 16.9. The van der Waals surface area contributed by atoms with Crippen LogP contribution in [0.1, 0.15) is 36.6 Å². The van der Waals surface area contributed by atoms with Crippen molar-refractivity contribution in [3.05, 3.63) is 132 Å². The highest BCUT2D eigenvalue weighted by atomic mass is 35.5. The Labute approximate surface area is 292 Å². The minimum Gasteiger partial charge on any atom is -0.493 e. The maximum absolute atomic E-state index is 14.6. The van der Waals surface area contributed by atoms with E-state index in [0.717, 1.165) is 21.9 Å². The molecule has 5 aromatic rings. The molecule has 11 heteroatoms. The molecule has 0 fully saturated rings. The second-order valence-electron chi connectivity index (χ2n) is 11.1. The van der Waals surface area contributed by atoms with Crippen LogP contribution in [0, 0.1) is 0 Å². The molecule has 1 aliphatic heterocycles. The lowest BCUT2D eigenvalue weighted by Gasteiger charge is -2.27. The lowest BCUT2D eigenvalue weighted by molar-refractivity contribution is -0.140. The Hall–Kier alpha value is -4.90. The van der Waals surface area contributed by atoms with Crippen LogP contribution in [-0.2, 0) is 20.9 Å². The zero-order valence-corrected chi connectivity index (χ0v) is 29.1. The molecule has 49 heavy (non-hydrogen) atoms. The Morgan fingerprint density at radius 3 is 2.51 bits per heavy atom. The van der Waals surface area contributed by atoms with Gasteiger partial charge < -0.3 is 23.7 Å². The molecule has 1 atom stereocenters. The zero-order chi connectivity index (χ0) is 34.5. The Morgan fingerprint density at radius 1 is 0.959 bits per heavy atom. The summed E-state index contributed by atoms with van der Waals surface area (Å²) < 4.78 is 30.7. The maximum atomic E-state index is 14.6. The fraction of sp³-hybridized carbons (Fsp3) is 0.237. The van der Waals surface area contributed by atoms with Gasteiger partial charge >= 0.3 is 5.97 Å². The standard InChI is InChI=1S/C38H35ClN2O7S/c1-5-46-35-28(11-8-12-31(35)45-4)34-33(37(43)47-20-19-44-3)23(2)40-38-41(34)36(42)32(49-38)21-29-27-10-7-6-9-25(27)15-18-30(29)48-22-24-13-16-26(39)17-14-24/h6-18,21,34H,5,19-20,22H2,1-4H3/b32-21+/t34-/m1/s1. The number of benzene rings is 4. The smallest absolute Gasteiger partial charge is 0.338 e. The second kappa shape index (κ2) is 15.1. The van der Waals surface area contributed by atoms with Gasteiger partial charge in [-0.2, -0.15) is 0 Å². The van der Waals surface area contributed by atoms with E-state index in [0.29, 0.717) is 56.1 Å². The number of para-hydroxylation sites is 1. The van der Waals surface area contributed by atoms with E-state index in [9.17, 15) is 9.59 Å². The highest BCUT2D eigenvalue weighted by Crippen LogP contribution is 2.41. The third-order valence-electron chi connectivity index (χ3n) is 8.09. The van der Waals surface area contributed by atoms with Crippen LogP contribution in [0.15, 0.2) is 99.9 Å². The first-order valence-electron chi connectivity index (χ1n) is 15.7. The normalized spacial score (nSPS) is 14.4. The topological polar surface area (TPSA) is 97.6 Å². The van der Waals surface area contributed by atoms with Gasteiger partial charge in [0, 0.05) is 23.3 Å². The Morgan fingerprint density at radius 2 is 1.76 bits per heavy atom.